The molecule has 0 radical (unpaired) electrons. The fourth-order valence-corrected chi connectivity index (χ4v) is 4.05. The molecule has 29 heavy (non-hydrogen) atoms. The van der Waals surface area contributed by atoms with Crippen LogP contribution in [-0.4, -0.2) is 55.9 Å². The summed E-state index contributed by atoms with van der Waals surface area (Å²) in [5.74, 6) is -2.62. The lowest BCUT2D eigenvalue weighted by Crippen LogP contribution is -2.17. The zero-order valence-electron chi connectivity index (χ0n) is 15.8. The van der Waals surface area contributed by atoms with Crippen LogP contribution in [0.4, 0.5) is 5.00 Å². The Morgan fingerprint density at radius 1 is 1.07 bits per heavy atom. The summed E-state index contributed by atoms with van der Waals surface area (Å²) < 4.78 is 14.1. The second kappa shape index (κ2) is 10.6. The molecule has 0 fully saturated rings. The van der Waals surface area contributed by atoms with Crippen LogP contribution in [0, 0.1) is 0 Å². The molecule has 0 bridgehead atoms. The molecule has 0 atom stereocenters. The van der Waals surface area contributed by atoms with E-state index in [0.717, 1.165) is 18.4 Å². The largest absolute Gasteiger partial charge is 0.469 e. The van der Waals surface area contributed by atoms with Crippen molar-refractivity contribution in [3.05, 3.63) is 40.4 Å². The van der Waals surface area contributed by atoms with E-state index in [1.165, 1.54) is 26.0 Å². The summed E-state index contributed by atoms with van der Waals surface area (Å²) in [5.41, 5.74) is -0.00675. The van der Waals surface area contributed by atoms with Crippen molar-refractivity contribution in [1.29, 1.82) is 0 Å². The number of esters is 3. The Kier molecular flexibility index (Phi) is 8.16. The van der Waals surface area contributed by atoms with Crippen LogP contribution >= 0.6 is 23.1 Å². The fourth-order valence-electron chi connectivity index (χ4n) is 2.25. The Labute approximate surface area is 174 Å². The predicted molar refractivity (Wildman–Crippen MR) is 106 cm³/mol. The van der Waals surface area contributed by atoms with Crippen molar-refractivity contribution in [2.24, 2.45) is 0 Å². The van der Waals surface area contributed by atoms with E-state index in [2.05, 4.69) is 15.0 Å². The van der Waals surface area contributed by atoms with Crippen LogP contribution in [0.1, 0.15) is 25.6 Å². The van der Waals surface area contributed by atoms with Gasteiger partial charge in [-0.05, 0) is 12.1 Å². The topological polar surface area (TPSA) is 121 Å². The van der Waals surface area contributed by atoms with E-state index >= 15 is 0 Å². The normalized spacial score (nSPS) is 10.2. The van der Waals surface area contributed by atoms with Gasteiger partial charge >= 0.3 is 17.9 Å². The number of nitrogens with one attached hydrogen (secondary N) is 1. The summed E-state index contributed by atoms with van der Waals surface area (Å²) in [6, 6.07) is 5.31. The molecule has 2 aromatic rings. The summed E-state index contributed by atoms with van der Waals surface area (Å²) in [6.45, 7) is 0. The maximum atomic E-state index is 12.4. The van der Waals surface area contributed by atoms with Gasteiger partial charge in [0.25, 0.3) is 0 Å². The van der Waals surface area contributed by atoms with Crippen LogP contribution in [0.5, 0.6) is 0 Å². The molecule has 0 unspecified atom stereocenters. The predicted octanol–water partition coefficient (Wildman–Crippen LogP) is 2.16. The zero-order valence-corrected chi connectivity index (χ0v) is 17.5. The number of hydrogen-bond acceptors (Lipinski definition) is 10. The maximum absolute atomic E-state index is 12.4. The highest BCUT2D eigenvalue weighted by molar-refractivity contribution is 7.99. The van der Waals surface area contributed by atoms with Gasteiger partial charge in [-0.3, -0.25) is 9.59 Å². The summed E-state index contributed by atoms with van der Waals surface area (Å²) in [6.07, 6.45) is 1.25. The monoisotopic (exact) mass is 438 g/mol. The summed E-state index contributed by atoms with van der Waals surface area (Å²) in [7, 11) is 3.51. The van der Waals surface area contributed by atoms with Crippen molar-refractivity contribution in [3.8, 4) is 0 Å². The molecule has 0 aliphatic heterocycles. The molecule has 1 N–H and O–H groups in total. The number of hydrogen-bond donors (Lipinski definition) is 1. The molecule has 11 heteroatoms. The van der Waals surface area contributed by atoms with Gasteiger partial charge in [0.1, 0.15) is 9.88 Å². The molecule has 2 rings (SSSR count). The Morgan fingerprint density at radius 3 is 2.38 bits per heavy atom. The van der Waals surface area contributed by atoms with Crippen molar-refractivity contribution in [2.75, 3.05) is 32.4 Å². The highest BCUT2D eigenvalue weighted by Crippen LogP contribution is 2.35. The Hall–Kier alpha value is -2.92. The quantitative estimate of drug-likeness (QED) is 0.375. The lowest BCUT2D eigenvalue weighted by molar-refractivity contribution is -0.139. The third-order valence-corrected chi connectivity index (χ3v) is 5.63. The summed E-state index contributed by atoms with van der Waals surface area (Å²) in [5, 5.41) is 3.34. The van der Waals surface area contributed by atoms with Gasteiger partial charge < -0.3 is 19.5 Å². The minimum absolute atomic E-state index is 0.00554. The van der Waals surface area contributed by atoms with Crippen LogP contribution in [0.25, 0.3) is 0 Å². The van der Waals surface area contributed by atoms with E-state index in [-0.39, 0.29) is 33.2 Å². The first-order valence-electron chi connectivity index (χ1n) is 8.14. The molecular formula is C18H18N2O7S2. The first kappa shape index (κ1) is 22.4. The number of amides is 1. The molecular weight excluding hydrogens is 420 g/mol. The number of methoxy groups -OCH3 is 3. The lowest BCUT2D eigenvalue weighted by atomic mass is 10.1. The highest BCUT2D eigenvalue weighted by Gasteiger charge is 2.30. The first-order valence-corrected chi connectivity index (χ1v) is 9.94. The Balaban J connectivity index is 2.33. The molecule has 154 valence electrons. The van der Waals surface area contributed by atoms with Crippen LogP contribution in [0.15, 0.2) is 29.4 Å². The van der Waals surface area contributed by atoms with E-state index < -0.39 is 23.8 Å². The number of rotatable bonds is 8. The number of ether oxygens (including phenoxy) is 3. The minimum Gasteiger partial charge on any atom is -0.469 e. The van der Waals surface area contributed by atoms with Gasteiger partial charge in [-0.1, -0.05) is 17.8 Å². The number of aromatic nitrogens is 1. The third-order valence-electron chi connectivity index (χ3n) is 3.56. The maximum Gasteiger partial charge on any atom is 0.348 e. The van der Waals surface area contributed by atoms with Crippen LogP contribution in [-0.2, 0) is 30.2 Å². The van der Waals surface area contributed by atoms with Crippen molar-refractivity contribution < 1.29 is 33.4 Å². The second-order valence-electron chi connectivity index (χ2n) is 5.35. The molecule has 0 aliphatic carbocycles. The van der Waals surface area contributed by atoms with Crippen molar-refractivity contribution in [1.82, 2.24) is 4.98 Å². The minimum atomic E-state index is -0.803. The van der Waals surface area contributed by atoms with Gasteiger partial charge in [0, 0.05) is 11.8 Å². The fraction of sp³-hybridized carbons (Fsp3) is 0.278. The molecule has 0 aromatic carbocycles. The molecule has 2 aromatic heterocycles. The number of anilines is 1. The number of carbonyl (C=O) groups is 4. The average Bonchev–Trinajstić information content (AvgIpc) is 3.09. The van der Waals surface area contributed by atoms with E-state index in [0.29, 0.717) is 5.03 Å². The van der Waals surface area contributed by atoms with Crippen molar-refractivity contribution in [2.45, 2.75) is 11.4 Å². The van der Waals surface area contributed by atoms with Gasteiger partial charge in [-0.15, -0.1) is 11.3 Å². The molecule has 0 aliphatic rings. The van der Waals surface area contributed by atoms with Crippen LogP contribution in [0.3, 0.4) is 0 Å². The third kappa shape index (κ3) is 5.78. The number of thiophene rings is 1. The van der Waals surface area contributed by atoms with Gasteiger partial charge in [0.15, 0.2) is 0 Å². The van der Waals surface area contributed by atoms with E-state index in [1.807, 2.05) is 0 Å². The van der Waals surface area contributed by atoms with E-state index in [1.54, 1.807) is 24.4 Å². The van der Waals surface area contributed by atoms with Gasteiger partial charge in [-0.25, -0.2) is 14.6 Å². The van der Waals surface area contributed by atoms with Gasteiger partial charge in [-0.2, -0.15) is 0 Å². The molecule has 0 saturated heterocycles. The van der Waals surface area contributed by atoms with Crippen molar-refractivity contribution >= 4 is 51.9 Å². The number of thioether (sulfide) groups is 1. The summed E-state index contributed by atoms with van der Waals surface area (Å²) in [4.78, 5) is 52.7. The molecule has 0 spiro atoms. The summed E-state index contributed by atoms with van der Waals surface area (Å²) >= 11 is 2.03. The number of carbonyl (C=O) groups excluding carboxylic acids is 4. The van der Waals surface area contributed by atoms with Crippen LogP contribution < -0.4 is 5.32 Å². The van der Waals surface area contributed by atoms with Gasteiger partial charge in [0.05, 0.1) is 44.1 Å². The Morgan fingerprint density at radius 2 is 1.79 bits per heavy atom. The average molecular weight is 438 g/mol. The standard InChI is InChI=1S/C18H18N2O7S2/c1-25-13(22)8-10-14(17(23)26-2)16(29-15(10)18(24)27-3)20-11(21)9-28-12-6-4-5-7-19-12/h4-7H,8-9H2,1-3H3,(H,20,21). The molecule has 1 amide bonds. The molecule has 9 nitrogen and oxygen atoms in total. The highest BCUT2D eigenvalue weighted by atomic mass is 32.2. The Bertz CT molecular complexity index is 912. The number of pyridine rings is 1. The first-order chi connectivity index (χ1) is 13.9. The van der Waals surface area contributed by atoms with E-state index in [4.69, 9.17) is 9.47 Å². The lowest BCUT2D eigenvalue weighted by Gasteiger charge is -2.07. The van der Waals surface area contributed by atoms with Gasteiger partial charge in [0.2, 0.25) is 5.91 Å². The van der Waals surface area contributed by atoms with Crippen LogP contribution in [0.2, 0.25) is 0 Å². The van der Waals surface area contributed by atoms with Crippen molar-refractivity contribution in [3.63, 3.8) is 0 Å². The molecule has 0 saturated carbocycles. The smallest absolute Gasteiger partial charge is 0.348 e. The van der Waals surface area contributed by atoms with E-state index in [9.17, 15) is 19.2 Å². The molecule has 2 heterocycles. The zero-order chi connectivity index (χ0) is 21.4. The second-order valence-corrected chi connectivity index (χ2v) is 7.37. The number of nitrogens with zero attached hydrogens (tertiary/aromatic N) is 1. The SMILES string of the molecule is COC(=O)Cc1c(C(=O)OC)sc(NC(=O)CSc2ccccn2)c1C(=O)OC.